The number of anilines is 1. The van der Waals surface area contributed by atoms with Crippen molar-refractivity contribution in [1.82, 2.24) is 20.3 Å². The van der Waals surface area contributed by atoms with Crippen LogP contribution in [0.4, 0.5) is 5.69 Å². The third kappa shape index (κ3) is 3.68. The van der Waals surface area contributed by atoms with Gasteiger partial charge in [-0.1, -0.05) is 11.3 Å². The molecule has 28 heavy (non-hydrogen) atoms. The second-order valence-electron chi connectivity index (χ2n) is 7.00. The van der Waals surface area contributed by atoms with E-state index in [1.165, 1.54) is 5.56 Å². The molecule has 0 unspecified atom stereocenters. The smallest absolute Gasteiger partial charge is 0.227 e. The lowest BCUT2D eigenvalue weighted by Gasteiger charge is -2.18. The molecule has 0 saturated carbocycles. The molecule has 4 rings (SSSR count). The second kappa shape index (κ2) is 7.55. The molecule has 0 aliphatic carbocycles. The predicted octanol–water partition coefficient (Wildman–Crippen LogP) is 2.61. The Bertz CT molecular complexity index is 1010. The molecule has 1 fully saturated rings. The van der Waals surface area contributed by atoms with Gasteiger partial charge in [0.2, 0.25) is 11.8 Å². The second-order valence-corrected chi connectivity index (χ2v) is 7.92. The quantitative estimate of drug-likeness (QED) is 0.720. The van der Waals surface area contributed by atoms with Crippen LogP contribution in [-0.4, -0.2) is 33.4 Å². The number of thiophene rings is 1. The summed E-state index contributed by atoms with van der Waals surface area (Å²) in [7, 11) is 0. The van der Waals surface area contributed by atoms with E-state index in [-0.39, 0.29) is 24.2 Å². The molecule has 1 aliphatic heterocycles. The first-order chi connectivity index (χ1) is 13.5. The summed E-state index contributed by atoms with van der Waals surface area (Å²) in [5.41, 5.74) is 3.84. The van der Waals surface area contributed by atoms with Gasteiger partial charge in [0, 0.05) is 18.7 Å². The first kappa shape index (κ1) is 18.4. The average Bonchev–Trinajstić information content (AvgIpc) is 3.42. The van der Waals surface area contributed by atoms with Crippen LogP contribution in [0.15, 0.2) is 41.9 Å². The van der Waals surface area contributed by atoms with Crippen LogP contribution < -0.4 is 10.2 Å². The number of rotatable bonds is 5. The van der Waals surface area contributed by atoms with Crippen LogP contribution in [0.5, 0.6) is 0 Å². The molecule has 3 aromatic rings. The van der Waals surface area contributed by atoms with Crippen molar-refractivity contribution in [3.63, 3.8) is 0 Å². The highest BCUT2D eigenvalue weighted by Crippen LogP contribution is 2.27. The van der Waals surface area contributed by atoms with Gasteiger partial charge >= 0.3 is 0 Å². The molecule has 0 radical (unpaired) electrons. The van der Waals surface area contributed by atoms with Crippen LogP contribution in [0.2, 0.25) is 0 Å². The Morgan fingerprint density at radius 3 is 2.89 bits per heavy atom. The number of amides is 2. The van der Waals surface area contributed by atoms with Crippen molar-refractivity contribution in [2.24, 2.45) is 5.92 Å². The molecule has 2 aromatic heterocycles. The van der Waals surface area contributed by atoms with Crippen molar-refractivity contribution in [3.8, 4) is 5.00 Å². The summed E-state index contributed by atoms with van der Waals surface area (Å²) in [6, 6.07) is 9.83. The van der Waals surface area contributed by atoms with Crippen LogP contribution in [0, 0.1) is 19.8 Å². The van der Waals surface area contributed by atoms with Crippen LogP contribution in [0.1, 0.15) is 23.2 Å². The van der Waals surface area contributed by atoms with E-state index in [2.05, 4.69) is 15.6 Å². The predicted molar refractivity (Wildman–Crippen MR) is 107 cm³/mol. The normalized spacial score (nSPS) is 16.6. The van der Waals surface area contributed by atoms with Crippen molar-refractivity contribution in [2.75, 3.05) is 11.4 Å². The number of nitrogens with one attached hydrogen (secondary N) is 1. The maximum atomic E-state index is 12.6. The molecule has 2 amide bonds. The van der Waals surface area contributed by atoms with Crippen molar-refractivity contribution in [3.05, 3.63) is 58.7 Å². The van der Waals surface area contributed by atoms with E-state index in [1.54, 1.807) is 27.1 Å². The molecule has 7 nitrogen and oxygen atoms in total. The lowest BCUT2D eigenvalue weighted by Crippen LogP contribution is -2.32. The first-order valence-electron chi connectivity index (χ1n) is 9.11. The standard InChI is InChI=1S/C20H21N5O2S/c1-13-5-6-17(8-14(13)2)24-11-15(9-18(24)26)20(27)21-10-16-12-25(23-22-16)19-4-3-7-28-19/h3-8,12,15H,9-11H2,1-2H3,(H,21,27)/t15-/m1/s1. The maximum absolute atomic E-state index is 12.6. The van der Waals surface area contributed by atoms with Gasteiger partial charge in [0.15, 0.2) is 0 Å². The number of aromatic nitrogens is 3. The van der Waals surface area contributed by atoms with E-state index < -0.39 is 0 Å². The lowest BCUT2D eigenvalue weighted by atomic mass is 10.1. The molecule has 1 aromatic carbocycles. The van der Waals surface area contributed by atoms with Gasteiger partial charge in [-0.05, 0) is 54.6 Å². The van der Waals surface area contributed by atoms with Gasteiger partial charge < -0.3 is 10.2 Å². The largest absolute Gasteiger partial charge is 0.350 e. The van der Waals surface area contributed by atoms with Crippen LogP contribution in [-0.2, 0) is 16.1 Å². The van der Waals surface area contributed by atoms with Gasteiger partial charge in [-0.25, -0.2) is 4.68 Å². The highest BCUT2D eigenvalue weighted by Gasteiger charge is 2.35. The minimum atomic E-state index is -0.360. The van der Waals surface area contributed by atoms with E-state index in [0.29, 0.717) is 18.8 Å². The summed E-state index contributed by atoms with van der Waals surface area (Å²) in [5.74, 6) is -0.515. The summed E-state index contributed by atoms with van der Waals surface area (Å²) in [6.45, 7) is 4.75. The average molecular weight is 395 g/mol. The zero-order valence-corrected chi connectivity index (χ0v) is 16.6. The summed E-state index contributed by atoms with van der Waals surface area (Å²) in [6.07, 6.45) is 2.02. The van der Waals surface area contributed by atoms with Crippen molar-refractivity contribution in [1.29, 1.82) is 0 Å². The van der Waals surface area contributed by atoms with Crippen molar-refractivity contribution in [2.45, 2.75) is 26.8 Å². The Labute approximate surface area is 167 Å². The Hall–Kier alpha value is -3.00. The molecule has 1 N–H and O–H groups in total. The lowest BCUT2D eigenvalue weighted by molar-refractivity contribution is -0.126. The zero-order chi connectivity index (χ0) is 19.7. The fourth-order valence-electron chi connectivity index (χ4n) is 3.24. The number of aryl methyl sites for hydroxylation is 2. The van der Waals surface area contributed by atoms with Crippen molar-refractivity contribution < 1.29 is 9.59 Å². The van der Waals surface area contributed by atoms with E-state index in [0.717, 1.165) is 16.3 Å². The Balaban J connectivity index is 1.36. The molecule has 0 spiro atoms. The summed E-state index contributed by atoms with van der Waals surface area (Å²) >= 11 is 1.56. The fourth-order valence-corrected chi connectivity index (χ4v) is 3.89. The summed E-state index contributed by atoms with van der Waals surface area (Å²) in [4.78, 5) is 26.7. The third-order valence-corrected chi connectivity index (χ3v) is 5.87. The number of hydrogen-bond acceptors (Lipinski definition) is 5. The molecule has 1 atom stereocenters. The van der Waals surface area contributed by atoms with E-state index in [4.69, 9.17) is 0 Å². The summed E-state index contributed by atoms with van der Waals surface area (Å²) in [5, 5.41) is 14.0. The molecule has 0 bridgehead atoms. The van der Waals surface area contributed by atoms with E-state index in [9.17, 15) is 9.59 Å². The molecule has 3 heterocycles. The first-order valence-corrected chi connectivity index (χ1v) is 9.99. The zero-order valence-electron chi connectivity index (χ0n) is 15.8. The Morgan fingerprint density at radius 2 is 2.14 bits per heavy atom. The molecular formula is C20H21N5O2S. The molecule has 144 valence electrons. The highest BCUT2D eigenvalue weighted by molar-refractivity contribution is 7.12. The third-order valence-electron chi connectivity index (χ3n) is 5.01. The SMILES string of the molecule is Cc1ccc(N2C[C@H](C(=O)NCc3cn(-c4cccs4)nn3)CC2=O)cc1C. The topological polar surface area (TPSA) is 80.1 Å². The number of hydrogen-bond donors (Lipinski definition) is 1. The van der Waals surface area contributed by atoms with Crippen LogP contribution >= 0.6 is 11.3 Å². The number of carbonyl (C=O) groups is 2. The Kier molecular flexibility index (Phi) is 4.95. The van der Waals surface area contributed by atoms with Gasteiger partial charge in [0.1, 0.15) is 10.7 Å². The van der Waals surface area contributed by atoms with Gasteiger partial charge in [0.25, 0.3) is 0 Å². The maximum Gasteiger partial charge on any atom is 0.227 e. The monoisotopic (exact) mass is 395 g/mol. The van der Waals surface area contributed by atoms with Gasteiger partial charge in [-0.3, -0.25) is 9.59 Å². The molecular weight excluding hydrogens is 374 g/mol. The van der Waals surface area contributed by atoms with Crippen LogP contribution in [0.25, 0.3) is 5.00 Å². The number of nitrogens with zero attached hydrogens (tertiary/aromatic N) is 4. The highest BCUT2D eigenvalue weighted by atomic mass is 32.1. The van der Waals surface area contributed by atoms with E-state index in [1.807, 2.05) is 49.6 Å². The number of benzene rings is 1. The van der Waals surface area contributed by atoms with E-state index >= 15 is 0 Å². The van der Waals surface area contributed by atoms with Gasteiger partial charge in [-0.2, -0.15) is 0 Å². The fraction of sp³-hybridized carbons (Fsp3) is 0.300. The van der Waals surface area contributed by atoms with Gasteiger partial charge in [0.05, 0.1) is 18.7 Å². The van der Waals surface area contributed by atoms with Crippen LogP contribution in [0.3, 0.4) is 0 Å². The minimum absolute atomic E-state index is 0.0213. The van der Waals surface area contributed by atoms with Crippen molar-refractivity contribution >= 4 is 28.8 Å². The minimum Gasteiger partial charge on any atom is -0.350 e. The molecule has 1 aliphatic rings. The summed E-state index contributed by atoms with van der Waals surface area (Å²) < 4.78 is 1.69. The molecule has 8 heteroatoms. The molecule has 1 saturated heterocycles. The Morgan fingerprint density at radius 1 is 1.29 bits per heavy atom. The number of carbonyl (C=O) groups excluding carboxylic acids is 2. The van der Waals surface area contributed by atoms with Gasteiger partial charge in [-0.15, -0.1) is 16.4 Å².